The summed E-state index contributed by atoms with van der Waals surface area (Å²) in [6.45, 7) is 0.570. The molecule has 17 heavy (non-hydrogen) atoms. The first-order valence-corrected chi connectivity index (χ1v) is 5.50. The molecule has 2 rings (SSSR count). The summed E-state index contributed by atoms with van der Waals surface area (Å²) in [5.74, 6) is 0.701. The number of hydrogen-bond donors (Lipinski definition) is 0. The van der Waals surface area contributed by atoms with Crippen molar-refractivity contribution < 1.29 is 9.47 Å². The molecule has 0 fully saturated rings. The van der Waals surface area contributed by atoms with Crippen molar-refractivity contribution in [2.45, 2.75) is 0 Å². The number of fused-ring (bicyclic) bond motifs is 1. The zero-order valence-corrected chi connectivity index (χ0v) is 10.4. The van der Waals surface area contributed by atoms with Crippen LogP contribution in [-0.4, -0.2) is 30.4 Å². The van der Waals surface area contributed by atoms with Crippen molar-refractivity contribution in [3.05, 3.63) is 35.1 Å². The molecule has 0 aliphatic heterocycles. The number of halogens is 1. The Labute approximate surface area is 104 Å². The lowest BCUT2D eigenvalue weighted by molar-refractivity contribution is 0.234. The van der Waals surface area contributed by atoms with E-state index in [2.05, 4.69) is 5.10 Å². The minimum absolute atomic E-state index is 0.570. The van der Waals surface area contributed by atoms with Gasteiger partial charge in [-0.2, -0.15) is 5.10 Å². The van der Waals surface area contributed by atoms with Crippen LogP contribution in [0.3, 0.4) is 0 Å². The van der Waals surface area contributed by atoms with Gasteiger partial charge in [0, 0.05) is 13.3 Å². The Morgan fingerprint density at radius 2 is 2.29 bits per heavy atom. The molecule has 4 nitrogen and oxygen atoms in total. The van der Waals surface area contributed by atoms with Crippen LogP contribution in [0.1, 0.15) is 5.56 Å². The monoisotopic (exact) mass is 252 g/mol. The van der Waals surface area contributed by atoms with Gasteiger partial charge in [-0.05, 0) is 11.6 Å². The van der Waals surface area contributed by atoms with E-state index in [1.54, 1.807) is 24.9 Å². The van der Waals surface area contributed by atoms with Crippen LogP contribution in [-0.2, 0) is 4.74 Å². The Balaban J connectivity index is 2.46. The lowest BCUT2D eigenvalue weighted by Gasteiger charge is -2.05. The summed E-state index contributed by atoms with van der Waals surface area (Å²) in [6.07, 6.45) is 7.35. The van der Waals surface area contributed by atoms with Crippen molar-refractivity contribution in [1.29, 1.82) is 0 Å². The van der Waals surface area contributed by atoms with Gasteiger partial charge in [-0.15, -0.1) is 0 Å². The second-order valence-electron chi connectivity index (χ2n) is 3.49. The van der Waals surface area contributed by atoms with Crippen LogP contribution < -0.4 is 4.74 Å². The smallest absolute Gasteiger partial charge is 0.146 e. The minimum Gasteiger partial charge on any atom is -0.494 e. The summed E-state index contributed by atoms with van der Waals surface area (Å²) in [5, 5.41) is 4.73. The average molecular weight is 253 g/mol. The predicted octanol–water partition coefficient (Wildman–Crippen LogP) is 2.66. The molecule has 0 aliphatic carbocycles. The number of aromatic nitrogens is 2. The third-order valence-electron chi connectivity index (χ3n) is 2.35. The van der Waals surface area contributed by atoms with E-state index >= 15 is 0 Å². The molecule has 0 amide bonds. The summed E-state index contributed by atoms with van der Waals surface area (Å²) in [7, 11) is 3.27. The van der Waals surface area contributed by atoms with Gasteiger partial charge in [0.05, 0.1) is 24.9 Å². The molecule has 2 aromatic rings. The van der Waals surface area contributed by atoms with Crippen LogP contribution in [0.25, 0.3) is 11.6 Å². The largest absolute Gasteiger partial charge is 0.494 e. The third-order valence-corrected chi connectivity index (χ3v) is 2.62. The Kier molecular flexibility index (Phi) is 3.66. The molecule has 0 spiro atoms. The van der Waals surface area contributed by atoms with Crippen LogP contribution in [0.5, 0.6) is 5.75 Å². The Bertz CT molecular complexity index is 549. The van der Waals surface area contributed by atoms with Gasteiger partial charge in [0.2, 0.25) is 0 Å². The number of nitrogens with zero attached hydrogens (tertiary/aromatic N) is 2. The molecule has 0 saturated carbocycles. The molecular weight excluding hydrogens is 240 g/mol. The quantitative estimate of drug-likeness (QED) is 0.839. The van der Waals surface area contributed by atoms with E-state index in [1.807, 2.05) is 24.4 Å². The number of ether oxygens (including phenoxy) is 2. The maximum atomic E-state index is 6.03. The molecule has 90 valence electrons. The van der Waals surface area contributed by atoms with Gasteiger partial charge in [0.25, 0.3) is 0 Å². The van der Waals surface area contributed by atoms with Crippen molar-refractivity contribution in [3.63, 3.8) is 0 Å². The maximum absolute atomic E-state index is 6.03. The molecule has 2 aromatic heterocycles. The van der Waals surface area contributed by atoms with E-state index in [-0.39, 0.29) is 0 Å². The molecule has 0 saturated heterocycles. The highest BCUT2D eigenvalue weighted by Gasteiger charge is 2.08. The van der Waals surface area contributed by atoms with E-state index in [4.69, 9.17) is 21.1 Å². The van der Waals surface area contributed by atoms with Crippen molar-refractivity contribution in [1.82, 2.24) is 9.61 Å². The van der Waals surface area contributed by atoms with Gasteiger partial charge >= 0.3 is 0 Å². The zero-order valence-electron chi connectivity index (χ0n) is 9.68. The lowest BCUT2D eigenvalue weighted by Crippen LogP contribution is -1.93. The van der Waals surface area contributed by atoms with Gasteiger partial charge in [-0.1, -0.05) is 23.8 Å². The average Bonchev–Trinajstić information content (AvgIpc) is 2.71. The van der Waals surface area contributed by atoms with Crippen molar-refractivity contribution in [2.24, 2.45) is 0 Å². The second kappa shape index (κ2) is 5.21. The summed E-state index contributed by atoms with van der Waals surface area (Å²) >= 11 is 6.03. The number of hydrogen-bond acceptors (Lipinski definition) is 3. The fourth-order valence-electron chi connectivity index (χ4n) is 1.60. The first-order valence-electron chi connectivity index (χ1n) is 5.12. The van der Waals surface area contributed by atoms with Gasteiger partial charge in [-0.25, -0.2) is 4.52 Å². The predicted molar refractivity (Wildman–Crippen MR) is 67.7 cm³/mol. The third kappa shape index (κ3) is 2.43. The van der Waals surface area contributed by atoms with E-state index in [1.165, 1.54) is 0 Å². The molecule has 5 heteroatoms. The molecule has 0 N–H and O–H groups in total. The summed E-state index contributed by atoms with van der Waals surface area (Å²) in [4.78, 5) is 0. The molecule has 0 aliphatic rings. The summed E-state index contributed by atoms with van der Waals surface area (Å²) in [5.41, 5.74) is 1.75. The second-order valence-corrected chi connectivity index (χ2v) is 3.89. The van der Waals surface area contributed by atoms with E-state index < -0.39 is 0 Å². The van der Waals surface area contributed by atoms with Crippen molar-refractivity contribution in [2.75, 3.05) is 20.8 Å². The Hall–Kier alpha value is -1.52. The number of rotatable bonds is 4. The lowest BCUT2D eigenvalue weighted by atomic mass is 10.2. The van der Waals surface area contributed by atoms with E-state index in [0.29, 0.717) is 17.4 Å². The van der Waals surface area contributed by atoms with Crippen LogP contribution >= 0.6 is 11.6 Å². The molecule has 0 bridgehead atoms. The highest BCUT2D eigenvalue weighted by atomic mass is 35.5. The fourth-order valence-corrected chi connectivity index (χ4v) is 1.82. The molecular formula is C12H13ClN2O2. The molecule has 2 heterocycles. The van der Waals surface area contributed by atoms with Gasteiger partial charge < -0.3 is 9.47 Å². The number of pyridine rings is 1. The summed E-state index contributed by atoms with van der Waals surface area (Å²) in [6, 6.07) is 1.91. The molecule has 0 radical (unpaired) electrons. The molecule has 0 aromatic carbocycles. The highest BCUT2D eigenvalue weighted by molar-refractivity contribution is 6.34. The van der Waals surface area contributed by atoms with E-state index in [0.717, 1.165) is 11.1 Å². The molecule has 0 atom stereocenters. The van der Waals surface area contributed by atoms with Crippen molar-refractivity contribution in [3.8, 4) is 5.75 Å². The Morgan fingerprint density at radius 3 is 3.00 bits per heavy atom. The SMILES string of the molecule is COCC=Cc1cc(OC)c2c(Cl)cnn2c1. The highest BCUT2D eigenvalue weighted by Crippen LogP contribution is 2.28. The first kappa shape index (κ1) is 12.0. The minimum atomic E-state index is 0.570. The number of methoxy groups -OCH3 is 2. The fraction of sp³-hybridized carbons (Fsp3) is 0.250. The summed E-state index contributed by atoms with van der Waals surface area (Å²) < 4.78 is 12.0. The van der Waals surface area contributed by atoms with Crippen LogP contribution in [0.2, 0.25) is 5.02 Å². The van der Waals surface area contributed by atoms with Gasteiger partial charge in [0.15, 0.2) is 0 Å². The van der Waals surface area contributed by atoms with Crippen LogP contribution in [0.15, 0.2) is 24.5 Å². The van der Waals surface area contributed by atoms with Crippen LogP contribution in [0, 0.1) is 0 Å². The van der Waals surface area contributed by atoms with Crippen LogP contribution in [0.4, 0.5) is 0 Å². The Morgan fingerprint density at radius 1 is 1.47 bits per heavy atom. The zero-order chi connectivity index (χ0) is 12.3. The first-order chi connectivity index (χ1) is 8.26. The maximum Gasteiger partial charge on any atom is 0.146 e. The van der Waals surface area contributed by atoms with Crippen molar-refractivity contribution >= 4 is 23.2 Å². The normalized spacial score (nSPS) is 11.5. The van der Waals surface area contributed by atoms with Gasteiger partial charge in [0.1, 0.15) is 11.3 Å². The standard InChI is InChI=1S/C12H13ClN2O2/c1-16-5-3-4-9-6-11(17-2)12-10(13)7-14-15(12)8-9/h3-4,6-8H,5H2,1-2H3. The van der Waals surface area contributed by atoms with Gasteiger partial charge in [-0.3, -0.25) is 0 Å². The molecule has 0 unspecified atom stereocenters. The van der Waals surface area contributed by atoms with E-state index in [9.17, 15) is 0 Å². The topological polar surface area (TPSA) is 35.8 Å².